The topological polar surface area (TPSA) is 21.3 Å². The van der Waals surface area contributed by atoms with E-state index in [-0.39, 0.29) is 0 Å². The average Bonchev–Trinajstić information content (AvgIpc) is 2.49. The molecule has 0 aromatic heterocycles. The third kappa shape index (κ3) is 3.97. The second-order valence-electron chi connectivity index (χ2n) is 5.58. The Hall–Kier alpha value is -0.0800. The first-order chi connectivity index (χ1) is 6.53. The number of rotatable bonds is 4. The van der Waals surface area contributed by atoms with Gasteiger partial charge in [0, 0.05) is 13.2 Å². The molecule has 2 nitrogen and oxygen atoms in total. The highest BCUT2D eigenvalue weighted by Gasteiger charge is 2.26. The first-order valence-corrected chi connectivity index (χ1v) is 5.79. The van der Waals surface area contributed by atoms with E-state index in [9.17, 15) is 0 Å². The van der Waals surface area contributed by atoms with Crippen LogP contribution in [0.3, 0.4) is 0 Å². The Morgan fingerprint density at radius 1 is 1.29 bits per heavy atom. The van der Waals surface area contributed by atoms with E-state index in [2.05, 4.69) is 26.1 Å². The van der Waals surface area contributed by atoms with E-state index in [0.717, 1.165) is 6.54 Å². The van der Waals surface area contributed by atoms with Crippen LogP contribution in [0.15, 0.2) is 0 Å². The number of ether oxygens (including phenoxy) is 1. The largest absolute Gasteiger partial charge is 0.380 e. The molecule has 0 radical (unpaired) electrons. The molecule has 0 saturated heterocycles. The van der Waals surface area contributed by atoms with Crippen molar-refractivity contribution in [3.63, 3.8) is 0 Å². The molecular weight excluding hydrogens is 174 g/mol. The molecule has 2 heteroatoms. The summed E-state index contributed by atoms with van der Waals surface area (Å²) in [7, 11) is 1.83. The van der Waals surface area contributed by atoms with Gasteiger partial charge in [-0.25, -0.2) is 0 Å². The lowest BCUT2D eigenvalue weighted by molar-refractivity contribution is 0.0843. The minimum Gasteiger partial charge on any atom is -0.380 e. The number of hydrogen-bond donors (Lipinski definition) is 1. The molecule has 0 aliphatic heterocycles. The zero-order valence-electron chi connectivity index (χ0n) is 10.1. The Morgan fingerprint density at radius 2 is 2.00 bits per heavy atom. The van der Waals surface area contributed by atoms with Gasteiger partial charge in [0.25, 0.3) is 0 Å². The van der Waals surface area contributed by atoms with E-state index in [1.807, 2.05) is 7.11 Å². The van der Waals surface area contributed by atoms with Crippen molar-refractivity contribution in [2.45, 2.75) is 58.6 Å². The quantitative estimate of drug-likeness (QED) is 0.751. The van der Waals surface area contributed by atoms with Crippen LogP contribution in [0.2, 0.25) is 0 Å². The Morgan fingerprint density at radius 3 is 2.57 bits per heavy atom. The molecule has 2 unspecified atom stereocenters. The van der Waals surface area contributed by atoms with Crippen LogP contribution >= 0.6 is 0 Å². The summed E-state index contributed by atoms with van der Waals surface area (Å²) >= 11 is 0. The molecular formula is C12H25NO. The second kappa shape index (κ2) is 5.13. The van der Waals surface area contributed by atoms with Gasteiger partial charge >= 0.3 is 0 Å². The van der Waals surface area contributed by atoms with Gasteiger partial charge in [0.15, 0.2) is 0 Å². The van der Waals surface area contributed by atoms with Crippen LogP contribution in [-0.2, 0) is 4.74 Å². The Bertz CT molecular complexity index is 162. The van der Waals surface area contributed by atoms with Crippen LogP contribution in [0, 0.1) is 5.41 Å². The lowest BCUT2D eigenvalue weighted by atomic mass is 9.92. The Balaban J connectivity index is 2.18. The third-order valence-electron chi connectivity index (χ3n) is 3.04. The maximum Gasteiger partial charge on any atom is 0.0724 e. The summed E-state index contributed by atoms with van der Waals surface area (Å²) in [5, 5.41) is 3.61. The minimum absolute atomic E-state index is 0.439. The van der Waals surface area contributed by atoms with E-state index in [1.165, 1.54) is 25.7 Å². The highest BCUT2D eigenvalue weighted by atomic mass is 16.5. The predicted octanol–water partition coefficient (Wildman–Crippen LogP) is 2.58. The van der Waals surface area contributed by atoms with Crippen molar-refractivity contribution in [2.24, 2.45) is 5.41 Å². The van der Waals surface area contributed by atoms with Crippen LogP contribution in [0.1, 0.15) is 46.5 Å². The van der Waals surface area contributed by atoms with E-state index in [0.29, 0.717) is 17.6 Å². The van der Waals surface area contributed by atoms with Gasteiger partial charge in [0.1, 0.15) is 0 Å². The van der Waals surface area contributed by atoms with Gasteiger partial charge in [-0.3, -0.25) is 0 Å². The molecule has 0 spiro atoms. The maximum atomic E-state index is 5.44. The van der Waals surface area contributed by atoms with Gasteiger partial charge in [-0.1, -0.05) is 20.8 Å². The minimum atomic E-state index is 0.439. The fourth-order valence-electron chi connectivity index (χ4n) is 2.07. The fraction of sp³-hybridized carbons (Fsp3) is 1.00. The summed E-state index contributed by atoms with van der Waals surface area (Å²) in [4.78, 5) is 0. The number of nitrogens with one attached hydrogen (secondary N) is 1. The van der Waals surface area contributed by atoms with Crippen molar-refractivity contribution < 1.29 is 4.74 Å². The predicted molar refractivity (Wildman–Crippen MR) is 60.5 cm³/mol. The molecule has 1 aliphatic carbocycles. The van der Waals surface area contributed by atoms with Crippen LogP contribution in [0.25, 0.3) is 0 Å². The van der Waals surface area contributed by atoms with Crippen molar-refractivity contribution in [1.29, 1.82) is 0 Å². The SMILES string of the molecule is COC1CCCC1NCCC(C)(C)C. The van der Waals surface area contributed by atoms with Gasteiger partial charge < -0.3 is 10.1 Å². The molecule has 1 fully saturated rings. The normalized spacial score (nSPS) is 28.3. The summed E-state index contributed by atoms with van der Waals surface area (Å²) in [6, 6.07) is 0.599. The fourth-order valence-corrected chi connectivity index (χ4v) is 2.07. The molecule has 1 aliphatic rings. The van der Waals surface area contributed by atoms with Gasteiger partial charge in [0.05, 0.1) is 6.10 Å². The third-order valence-corrected chi connectivity index (χ3v) is 3.04. The van der Waals surface area contributed by atoms with Crippen LogP contribution in [0.4, 0.5) is 0 Å². The first-order valence-electron chi connectivity index (χ1n) is 5.79. The molecule has 0 amide bonds. The van der Waals surface area contributed by atoms with Crippen molar-refractivity contribution in [2.75, 3.05) is 13.7 Å². The molecule has 84 valence electrons. The molecule has 0 bridgehead atoms. The Labute approximate surface area is 88.4 Å². The van der Waals surface area contributed by atoms with Gasteiger partial charge in [-0.05, 0) is 37.6 Å². The standard InChI is InChI=1S/C12H25NO/c1-12(2,3)8-9-13-10-6-5-7-11(10)14-4/h10-11,13H,5-9H2,1-4H3. The lowest BCUT2D eigenvalue weighted by Crippen LogP contribution is -2.38. The molecule has 1 saturated carbocycles. The molecule has 0 heterocycles. The summed E-state index contributed by atoms with van der Waals surface area (Å²) in [5.74, 6) is 0. The lowest BCUT2D eigenvalue weighted by Gasteiger charge is -2.23. The molecule has 1 rings (SSSR count). The smallest absolute Gasteiger partial charge is 0.0724 e. The molecule has 0 aromatic rings. The van der Waals surface area contributed by atoms with Crippen LogP contribution < -0.4 is 5.32 Å². The van der Waals surface area contributed by atoms with E-state index in [4.69, 9.17) is 4.74 Å². The van der Waals surface area contributed by atoms with Gasteiger partial charge in [0.2, 0.25) is 0 Å². The molecule has 0 aromatic carbocycles. The number of methoxy groups -OCH3 is 1. The van der Waals surface area contributed by atoms with Crippen LogP contribution in [-0.4, -0.2) is 25.8 Å². The van der Waals surface area contributed by atoms with Crippen molar-refractivity contribution >= 4 is 0 Å². The van der Waals surface area contributed by atoms with E-state index in [1.54, 1.807) is 0 Å². The summed E-state index contributed by atoms with van der Waals surface area (Å²) < 4.78 is 5.44. The zero-order chi connectivity index (χ0) is 10.6. The van der Waals surface area contributed by atoms with Gasteiger partial charge in [-0.15, -0.1) is 0 Å². The van der Waals surface area contributed by atoms with Crippen LogP contribution in [0.5, 0.6) is 0 Å². The second-order valence-corrected chi connectivity index (χ2v) is 5.58. The average molecular weight is 199 g/mol. The zero-order valence-corrected chi connectivity index (χ0v) is 10.1. The monoisotopic (exact) mass is 199 g/mol. The summed E-state index contributed by atoms with van der Waals surface area (Å²) in [5.41, 5.74) is 0.439. The van der Waals surface area contributed by atoms with Gasteiger partial charge in [-0.2, -0.15) is 0 Å². The van der Waals surface area contributed by atoms with Crippen molar-refractivity contribution in [3.05, 3.63) is 0 Å². The summed E-state index contributed by atoms with van der Waals surface area (Å²) in [6.07, 6.45) is 5.51. The van der Waals surface area contributed by atoms with E-state index < -0.39 is 0 Å². The summed E-state index contributed by atoms with van der Waals surface area (Å²) in [6.45, 7) is 7.99. The maximum absolute atomic E-state index is 5.44. The number of hydrogen-bond acceptors (Lipinski definition) is 2. The highest BCUT2D eigenvalue weighted by molar-refractivity contribution is 4.84. The molecule has 2 atom stereocenters. The first kappa shape index (κ1) is 12.0. The molecule has 1 N–H and O–H groups in total. The van der Waals surface area contributed by atoms with E-state index >= 15 is 0 Å². The molecule has 14 heavy (non-hydrogen) atoms. The van der Waals surface area contributed by atoms with Crippen molar-refractivity contribution in [1.82, 2.24) is 5.32 Å². The Kier molecular flexibility index (Phi) is 4.39. The highest BCUT2D eigenvalue weighted by Crippen LogP contribution is 2.22. The van der Waals surface area contributed by atoms with Crippen molar-refractivity contribution in [3.8, 4) is 0 Å².